The molecule has 2 heteroatoms. The number of rotatable bonds is 15. The highest BCUT2D eigenvalue weighted by atomic mass is 16.4. The van der Waals surface area contributed by atoms with Crippen LogP contribution in [0.1, 0.15) is 148 Å². The van der Waals surface area contributed by atoms with Gasteiger partial charge in [0.2, 0.25) is 0 Å². The molecule has 0 bridgehead atoms. The van der Waals surface area contributed by atoms with E-state index in [1.54, 1.807) is 0 Å². The minimum absolute atomic E-state index is 2.79. The van der Waals surface area contributed by atoms with E-state index in [-0.39, 0.29) is 0 Å². The highest BCUT2D eigenvalue weighted by Gasteiger charge is 1.96. The van der Waals surface area contributed by atoms with E-state index >= 15 is 0 Å². The van der Waals surface area contributed by atoms with Crippen molar-refractivity contribution in [1.82, 2.24) is 0 Å². The lowest BCUT2D eigenvalue weighted by atomic mass is 10.0. The second-order valence-electron chi connectivity index (χ2n) is 2.18. The minimum Gasteiger partial charge on any atom is -0.481 e. The van der Waals surface area contributed by atoms with Crippen molar-refractivity contribution in [1.29, 1.82) is 0 Å². The molecule has 0 aliphatic rings. The molecular formula is C17H34O2. The van der Waals surface area contributed by atoms with Gasteiger partial charge in [-0.2, -0.15) is 0 Å². The minimum atomic E-state index is -5.19. The van der Waals surface area contributed by atoms with Crippen LogP contribution in [0.5, 0.6) is 0 Å². The summed E-state index contributed by atoms with van der Waals surface area (Å²) in [6, 6.07) is 0. The second kappa shape index (κ2) is 15.5. The summed E-state index contributed by atoms with van der Waals surface area (Å²) in [5.41, 5.74) is 0. The third kappa shape index (κ3) is 17.5. The van der Waals surface area contributed by atoms with Gasteiger partial charge in [0.05, 0.1) is 0 Å². The maximum absolute atomic E-state index is 11.3. The van der Waals surface area contributed by atoms with Crippen molar-refractivity contribution < 1.29 is 55.1 Å². The first kappa shape index (κ1) is 2.21. The predicted octanol–water partition coefficient (Wildman–Crippen LogP) is 5.94. The molecular weight excluding hydrogens is 236 g/mol. The van der Waals surface area contributed by atoms with Gasteiger partial charge in [-0.15, -0.1) is 0 Å². The Kier molecular flexibility index (Phi) is 1.81. The van der Waals surface area contributed by atoms with Crippen molar-refractivity contribution in [2.24, 2.45) is 0 Å². The Hall–Kier alpha value is -0.530. The summed E-state index contributed by atoms with van der Waals surface area (Å²) in [5.74, 6) is -2.79. The number of hydrogen-bond donors (Lipinski definition) is 1. The maximum Gasteiger partial charge on any atom is 0.303 e. The highest BCUT2D eigenvalue weighted by Crippen LogP contribution is 2.13. The van der Waals surface area contributed by atoms with Gasteiger partial charge in [-0.3, -0.25) is 4.79 Å². The molecule has 0 spiro atoms. The average molecular weight is 304 g/mol. The first-order valence-corrected chi connectivity index (χ1v) is 4.43. The van der Waals surface area contributed by atoms with Crippen LogP contribution in [-0.2, 0) is 4.79 Å². The molecule has 0 atom stereocenters. The fourth-order valence-electron chi connectivity index (χ4n) is 0.460. The average Bonchev–Trinajstić information content (AvgIpc) is 2.90. The molecule has 2 nitrogen and oxygen atoms in total. The summed E-state index contributed by atoms with van der Waals surface area (Å²) >= 11 is 0. The van der Waals surface area contributed by atoms with Crippen LogP contribution in [0.25, 0.3) is 0 Å². The first-order chi connectivity index (χ1) is 21.7. The summed E-state index contributed by atoms with van der Waals surface area (Å²) in [6.07, 6.45) is -74.0. The zero-order valence-corrected chi connectivity index (χ0v) is 9.36. The van der Waals surface area contributed by atoms with E-state index in [2.05, 4.69) is 0 Å². The molecule has 0 aromatic rings. The van der Waals surface area contributed by atoms with Crippen molar-refractivity contribution in [2.75, 3.05) is 0 Å². The third-order valence-electron chi connectivity index (χ3n) is 0.982. The van der Waals surface area contributed by atoms with Crippen LogP contribution < -0.4 is 0 Å². The smallest absolute Gasteiger partial charge is 0.303 e. The molecule has 19 heavy (non-hydrogen) atoms. The van der Waals surface area contributed by atoms with E-state index < -0.39 is 108 Å². The summed E-state index contributed by atoms with van der Waals surface area (Å²) in [6.45, 7) is -4.13. The van der Waals surface area contributed by atoms with Gasteiger partial charge in [0, 0.05) is 51.6 Å². The molecule has 0 heterocycles. The van der Waals surface area contributed by atoms with E-state index in [4.69, 9.17) is 50.3 Å². The van der Waals surface area contributed by atoms with Crippen LogP contribution in [0.2, 0.25) is 0 Å². The maximum atomic E-state index is 11.3. The summed E-state index contributed by atoms with van der Waals surface area (Å²) in [7, 11) is 0. The quantitative estimate of drug-likeness (QED) is 0.406. The lowest BCUT2D eigenvalue weighted by molar-refractivity contribution is -0.137. The zero-order chi connectivity index (χ0) is 43.6. The Balaban J connectivity index is 7.76. The molecule has 0 aliphatic heterocycles. The molecule has 0 aromatic carbocycles. The molecule has 0 aromatic heterocycles. The summed E-state index contributed by atoms with van der Waals surface area (Å²) in [4.78, 5) is 11.3. The molecule has 0 fully saturated rings. The van der Waals surface area contributed by atoms with Crippen LogP contribution >= 0.6 is 0 Å². The van der Waals surface area contributed by atoms with E-state index in [9.17, 15) is 4.79 Å². The van der Waals surface area contributed by atoms with Crippen LogP contribution in [0.3, 0.4) is 0 Å². The van der Waals surface area contributed by atoms with Crippen LogP contribution in [0, 0.1) is 0 Å². The van der Waals surface area contributed by atoms with Gasteiger partial charge in [-0.1, -0.05) is 89.7 Å². The Labute approximate surface area is 166 Å². The van der Waals surface area contributed by atoms with Gasteiger partial charge in [0.25, 0.3) is 0 Å². The Morgan fingerprint density at radius 1 is 0.789 bits per heavy atom. The second-order valence-corrected chi connectivity index (χ2v) is 2.18. The van der Waals surface area contributed by atoms with Crippen molar-refractivity contribution in [3.8, 4) is 0 Å². The topological polar surface area (TPSA) is 37.3 Å². The van der Waals surface area contributed by atoms with Crippen molar-refractivity contribution >= 4 is 5.97 Å². The van der Waals surface area contributed by atoms with Gasteiger partial charge < -0.3 is 5.11 Å². The number of carbonyl (C=O) groups is 1. The Bertz CT molecular complexity index is 1350. The van der Waals surface area contributed by atoms with Crippen molar-refractivity contribution in [2.45, 2.75) is 102 Å². The van der Waals surface area contributed by atoms with Gasteiger partial charge in [0.1, 0.15) is 0 Å². The van der Waals surface area contributed by atoms with Crippen LogP contribution in [0.4, 0.5) is 0 Å². The van der Waals surface area contributed by atoms with Crippen molar-refractivity contribution in [3.63, 3.8) is 0 Å². The van der Waals surface area contributed by atoms with Gasteiger partial charge in [-0.25, -0.2) is 0 Å². The fraction of sp³-hybridized carbons (Fsp3) is 0.941. The molecule has 1 N–H and O–H groups in total. The lowest BCUT2D eigenvalue weighted by Crippen LogP contribution is -1.93. The monoisotopic (exact) mass is 303 g/mol. The number of carboxylic acid groups (broad SMARTS) is 1. The molecule has 0 amide bonds. The normalized spacial score (nSPS) is 48.5. The van der Waals surface area contributed by atoms with Crippen LogP contribution in [0.15, 0.2) is 0 Å². The molecule has 114 valence electrons. The predicted molar refractivity (Wildman–Crippen MR) is 82.6 cm³/mol. The number of aliphatic carboxylic acids is 1. The van der Waals surface area contributed by atoms with E-state index in [1.165, 1.54) is 0 Å². The first-order valence-electron chi connectivity index (χ1n) is 20.9. The fourth-order valence-corrected chi connectivity index (χ4v) is 0.460. The third-order valence-corrected chi connectivity index (χ3v) is 0.982. The zero-order valence-electron chi connectivity index (χ0n) is 42.4. The Morgan fingerprint density at radius 3 is 1.53 bits per heavy atom. The number of carboxylic acids is 1. The molecule has 0 aliphatic carbocycles. The standard InChI is InChI=1S/C17H34O2/c1-2-3-4-5-6-7-8-9-10-11-12-13-14-15-16-17(18)19/h2-16H2,1H3,(H,18,19)/i1D3,2D2,3D2,4D2,5D2,6D2,7D2,8D2,9D2,10D2,11D2,12D2,13D2,14D2,15D2,16D2. The van der Waals surface area contributed by atoms with Crippen LogP contribution in [-0.4, -0.2) is 11.1 Å². The molecule has 0 radical (unpaired) electrons. The van der Waals surface area contributed by atoms with E-state index in [1.807, 2.05) is 0 Å². The van der Waals surface area contributed by atoms with Gasteiger partial charge >= 0.3 is 5.97 Å². The molecule has 0 saturated carbocycles. The summed E-state index contributed by atoms with van der Waals surface area (Å²) < 4.78 is 260. The van der Waals surface area contributed by atoms with E-state index in [0.717, 1.165) is 0 Å². The van der Waals surface area contributed by atoms with Gasteiger partial charge in [-0.05, 0) is 6.37 Å². The molecule has 0 rings (SSSR count). The van der Waals surface area contributed by atoms with Gasteiger partial charge in [0.15, 0.2) is 0 Å². The molecule has 0 saturated heterocycles. The largest absolute Gasteiger partial charge is 0.481 e. The van der Waals surface area contributed by atoms with E-state index in [0.29, 0.717) is 0 Å². The Morgan fingerprint density at radius 2 is 1.16 bits per heavy atom. The highest BCUT2D eigenvalue weighted by molar-refractivity contribution is 5.66. The van der Waals surface area contributed by atoms with Crippen molar-refractivity contribution in [3.05, 3.63) is 0 Å². The summed E-state index contributed by atoms with van der Waals surface area (Å²) in [5, 5.41) is 9.06. The SMILES string of the molecule is [2H]C([2H])([2H])C([2H])([2H])C([2H])([2H])C([2H])([2H])C([2H])([2H])C([2H])([2H])C([2H])([2H])C([2H])([2H])C([2H])([2H])C([2H])([2H])C([2H])([2H])C([2H])([2H])C([2H])([2H])C([2H])([2H])C([2H])([2H])C([2H])([2H])C(=O)O. The lowest BCUT2D eigenvalue weighted by Gasteiger charge is -2.02. The number of hydrogen-bond acceptors (Lipinski definition) is 1. The molecule has 0 unspecified atom stereocenters.